The van der Waals surface area contributed by atoms with Gasteiger partial charge in [0.15, 0.2) is 11.5 Å². The summed E-state index contributed by atoms with van der Waals surface area (Å²) in [6, 6.07) is 10.6. The van der Waals surface area contributed by atoms with Crippen LogP contribution < -0.4 is 19.8 Å². The zero-order valence-electron chi connectivity index (χ0n) is 21.4. The number of aryl methyl sites for hydroxylation is 1. The van der Waals surface area contributed by atoms with Gasteiger partial charge >= 0.3 is 6.18 Å². The summed E-state index contributed by atoms with van der Waals surface area (Å²) in [5, 5.41) is 2.15. The first-order valence-corrected chi connectivity index (χ1v) is 11.9. The Morgan fingerprint density at radius 2 is 1.62 bits per heavy atom. The van der Waals surface area contributed by atoms with Crippen molar-refractivity contribution in [3.05, 3.63) is 69.3 Å². The second-order valence-electron chi connectivity index (χ2n) is 9.20. The molecule has 2 heterocycles. The molecule has 37 heavy (non-hydrogen) atoms. The summed E-state index contributed by atoms with van der Waals surface area (Å²) in [4.78, 5) is 20.9. The van der Waals surface area contributed by atoms with Gasteiger partial charge in [-0.2, -0.15) is 13.2 Å². The van der Waals surface area contributed by atoms with Gasteiger partial charge in [-0.15, -0.1) is 0 Å². The fourth-order valence-electron chi connectivity index (χ4n) is 4.56. The highest BCUT2D eigenvalue weighted by Crippen LogP contribution is 2.36. The standard InChI is InChI=1S/C28H29F3N2O4/c1-15(2)26-20-14-25(37-5)24(36-4)13-19(20)21(27(34)33-26)12-17-10-16-11-18(35-3)6-7-22(16)32-23(17)8-9-28(29,30)31/h6-7,10-11,13-15H,8-9,12H2,1-5H3,(H,33,34). The zero-order chi connectivity index (χ0) is 26.9. The Balaban J connectivity index is 1.95. The number of nitrogens with zero attached hydrogens (tertiary/aromatic N) is 1. The van der Waals surface area contributed by atoms with E-state index < -0.39 is 12.6 Å². The lowest BCUT2D eigenvalue weighted by molar-refractivity contribution is -0.134. The predicted octanol–water partition coefficient (Wildman–Crippen LogP) is 6.31. The van der Waals surface area contributed by atoms with Crippen molar-refractivity contribution in [3.63, 3.8) is 0 Å². The van der Waals surface area contributed by atoms with Gasteiger partial charge in [0.05, 0.1) is 26.8 Å². The summed E-state index contributed by atoms with van der Waals surface area (Å²) in [5.41, 5.74) is 2.25. The van der Waals surface area contributed by atoms with Crippen LogP contribution in [0.1, 0.15) is 48.7 Å². The van der Waals surface area contributed by atoms with Crippen LogP contribution >= 0.6 is 0 Å². The first kappa shape index (κ1) is 26.3. The first-order valence-electron chi connectivity index (χ1n) is 11.9. The minimum Gasteiger partial charge on any atom is -0.497 e. The molecule has 196 valence electrons. The highest BCUT2D eigenvalue weighted by molar-refractivity contribution is 5.91. The van der Waals surface area contributed by atoms with Crippen molar-refractivity contribution in [2.24, 2.45) is 0 Å². The molecule has 0 saturated heterocycles. The van der Waals surface area contributed by atoms with E-state index in [0.717, 1.165) is 11.1 Å². The van der Waals surface area contributed by atoms with Gasteiger partial charge in [-0.25, -0.2) is 0 Å². The Labute approximate surface area is 212 Å². The van der Waals surface area contributed by atoms with Crippen molar-refractivity contribution in [2.45, 2.75) is 45.2 Å². The number of alkyl halides is 3. The molecule has 2 aromatic carbocycles. The molecule has 0 aliphatic heterocycles. The summed E-state index contributed by atoms with van der Waals surface area (Å²) in [6.07, 6.45) is -5.55. The van der Waals surface area contributed by atoms with E-state index in [9.17, 15) is 18.0 Å². The molecule has 0 unspecified atom stereocenters. The maximum absolute atomic E-state index is 13.4. The van der Waals surface area contributed by atoms with E-state index in [4.69, 9.17) is 14.2 Å². The maximum atomic E-state index is 13.4. The van der Waals surface area contributed by atoms with Crippen LogP contribution in [0.15, 0.2) is 41.2 Å². The van der Waals surface area contributed by atoms with Crippen molar-refractivity contribution in [1.29, 1.82) is 0 Å². The van der Waals surface area contributed by atoms with E-state index >= 15 is 0 Å². The quantitative estimate of drug-likeness (QED) is 0.298. The van der Waals surface area contributed by atoms with Crippen LogP contribution in [0.2, 0.25) is 0 Å². The molecular weight excluding hydrogens is 485 g/mol. The Hall–Kier alpha value is -3.75. The van der Waals surface area contributed by atoms with E-state index in [0.29, 0.717) is 50.4 Å². The minimum absolute atomic E-state index is 0.0134. The molecule has 2 aromatic heterocycles. The van der Waals surface area contributed by atoms with Crippen molar-refractivity contribution < 1.29 is 27.4 Å². The topological polar surface area (TPSA) is 73.4 Å². The molecule has 0 bridgehead atoms. The molecule has 4 aromatic rings. The van der Waals surface area contributed by atoms with Gasteiger partial charge in [-0.3, -0.25) is 9.78 Å². The summed E-state index contributed by atoms with van der Waals surface area (Å²) >= 11 is 0. The Morgan fingerprint density at radius 1 is 0.946 bits per heavy atom. The number of aromatic nitrogens is 2. The van der Waals surface area contributed by atoms with E-state index in [1.807, 2.05) is 19.9 Å². The lowest BCUT2D eigenvalue weighted by atomic mass is 9.93. The van der Waals surface area contributed by atoms with Crippen LogP contribution in [0.4, 0.5) is 13.2 Å². The second kappa shape index (κ2) is 10.3. The summed E-state index contributed by atoms with van der Waals surface area (Å²) < 4.78 is 55.7. The van der Waals surface area contributed by atoms with Crippen LogP contribution in [0.25, 0.3) is 21.7 Å². The minimum atomic E-state index is -4.33. The smallest absolute Gasteiger partial charge is 0.389 e. The number of rotatable bonds is 8. The van der Waals surface area contributed by atoms with E-state index in [-0.39, 0.29) is 24.3 Å². The number of fused-ring (bicyclic) bond motifs is 2. The molecule has 0 amide bonds. The number of H-pyrrole nitrogens is 1. The van der Waals surface area contributed by atoms with Crippen LogP contribution in [0, 0.1) is 0 Å². The number of hydrogen-bond donors (Lipinski definition) is 1. The highest BCUT2D eigenvalue weighted by atomic mass is 19.4. The van der Waals surface area contributed by atoms with Gasteiger partial charge in [-0.1, -0.05) is 13.8 Å². The third kappa shape index (κ3) is 5.50. The van der Waals surface area contributed by atoms with Crippen LogP contribution in [-0.4, -0.2) is 37.5 Å². The largest absolute Gasteiger partial charge is 0.497 e. The van der Waals surface area contributed by atoms with Crippen molar-refractivity contribution in [1.82, 2.24) is 9.97 Å². The third-order valence-electron chi connectivity index (χ3n) is 6.44. The van der Waals surface area contributed by atoms with E-state index in [2.05, 4.69) is 9.97 Å². The molecule has 4 rings (SSSR count). The van der Waals surface area contributed by atoms with Gasteiger partial charge in [0.1, 0.15) is 5.75 Å². The maximum Gasteiger partial charge on any atom is 0.389 e. The average Bonchev–Trinajstić information content (AvgIpc) is 2.86. The fraction of sp³-hybridized carbons (Fsp3) is 0.357. The van der Waals surface area contributed by atoms with Crippen LogP contribution in [0.3, 0.4) is 0 Å². The van der Waals surface area contributed by atoms with Gasteiger partial charge < -0.3 is 19.2 Å². The SMILES string of the molecule is COc1ccc2nc(CCC(F)(F)F)c(Cc3c(=O)[nH]c(C(C)C)c4cc(OC)c(OC)cc34)cc2c1. The lowest BCUT2D eigenvalue weighted by Gasteiger charge is -2.18. The Bertz CT molecular complexity index is 1510. The predicted molar refractivity (Wildman–Crippen MR) is 137 cm³/mol. The molecule has 0 atom stereocenters. The normalized spacial score (nSPS) is 11.9. The van der Waals surface area contributed by atoms with Crippen molar-refractivity contribution in [2.75, 3.05) is 21.3 Å². The second-order valence-corrected chi connectivity index (χ2v) is 9.20. The van der Waals surface area contributed by atoms with Crippen molar-refractivity contribution in [3.8, 4) is 17.2 Å². The molecule has 0 fully saturated rings. The first-order chi connectivity index (χ1) is 17.5. The number of ether oxygens (including phenoxy) is 3. The molecule has 0 aliphatic carbocycles. The molecular formula is C28H29F3N2O4. The summed E-state index contributed by atoms with van der Waals surface area (Å²) in [6.45, 7) is 3.94. The van der Waals surface area contributed by atoms with Gasteiger partial charge in [0.25, 0.3) is 5.56 Å². The van der Waals surface area contributed by atoms with Gasteiger partial charge in [0, 0.05) is 40.6 Å². The zero-order valence-corrected chi connectivity index (χ0v) is 21.4. The number of benzene rings is 2. The van der Waals surface area contributed by atoms with Gasteiger partial charge in [0.2, 0.25) is 0 Å². The number of pyridine rings is 2. The average molecular weight is 515 g/mol. The third-order valence-corrected chi connectivity index (χ3v) is 6.44. The Morgan fingerprint density at radius 3 is 2.22 bits per heavy atom. The molecule has 0 aliphatic rings. The number of hydrogen-bond acceptors (Lipinski definition) is 5. The lowest BCUT2D eigenvalue weighted by Crippen LogP contribution is -2.18. The number of halogens is 3. The van der Waals surface area contributed by atoms with Crippen LogP contribution in [-0.2, 0) is 12.8 Å². The van der Waals surface area contributed by atoms with Crippen LogP contribution in [0.5, 0.6) is 17.2 Å². The molecule has 6 nitrogen and oxygen atoms in total. The number of nitrogens with one attached hydrogen (secondary N) is 1. The number of aromatic amines is 1. The van der Waals surface area contributed by atoms with Gasteiger partial charge in [-0.05, 0) is 59.7 Å². The van der Waals surface area contributed by atoms with Crippen molar-refractivity contribution >= 4 is 21.7 Å². The molecule has 9 heteroatoms. The van der Waals surface area contributed by atoms with E-state index in [1.165, 1.54) is 21.3 Å². The summed E-state index contributed by atoms with van der Waals surface area (Å²) in [7, 11) is 4.58. The van der Waals surface area contributed by atoms with E-state index in [1.54, 1.807) is 30.3 Å². The fourth-order valence-corrected chi connectivity index (χ4v) is 4.56. The Kier molecular flexibility index (Phi) is 7.34. The number of methoxy groups -OCH3 is 3. The summed E-state index contributed by atoms with van der Waals surface area (Å²) in [5.74, 6) is 1.58. The highest BCUT2D eigenvalue weighted by Gasteiger charge is 2.28. The molecule has 0 spiro atoms. The molecule has 1 N–H and O–H groups in total. The molecule has 0 radical (unpaired) electrons. The molecule has 0 saturated carbocycles. The monoisotopic (exact) mass is 514 g/mol.